The number of hydrogen-bond acceptors (Lipinski definition) is 2. The molecule has 3 rings (SSSR count). The lowest BCUT2D eigenvalue weighted by Gasteiger charge is -2.31. The van der Waals surface area contributed by atoms with Gasteiger partial charge in [0, 0.05) is 22.3 Å². The van der Waals surface area contributed by atoms with Gasteiger partial charge in [-0.1, -0.05) is 52.0 Å². The summed E-state index contributed by atoms with van der Waals surface area (Å²) in [4.78, 5) is 0. The summed E-state index contributed by atoms with van der Waals surface area (Å²) in [5, 5.41) is 22.6. The smallest absolute Gasteiger partial charge is 0.133 e. The van der Waals surface area contributed by atoms with E-state index in [1.807, 2.05) is 0 Å². The van der Waals surface area contributed by atoms with Gasteiger partial charge >= 0.3 is 0 Å². The lowest BCUT2D eigenvalue weighted by Crippen LogP contribution is -2.35. The summed E-state index contributed by atoms with van der Waals surface area (Å²) in [6.45, 7) is 12.5. The maximum atomic E-state index is 11.3. The van der Waals surface area contributed by atoms with E-state index in [0.29, 0.717) is 11.5 Å². The number of quaternary nitrogens is 4. The van der Waals surface area contributed by atoms with Crippen molar-refractivity contribution in [1.82, 2.24) is 0 Å². The normalized spacial score (nSPS) is 13.7. The second kappa shape index (κ2) is 13.8. The highest BCUT2D eigenvalue weighted by molar-refractivity contribution is 5.46. The molecule has 0 unspecified atom stereocenters. The van der Waals surface area contributed by atoms with Crippen molar-refractivity contribution in [3.63, 3.8) is 0 Å². The topological polar surface area (TPSA) is 40.5 Å². The van der Waals surface area contributed by atoms with E-state index in [-0.39, 0.29) is 10.8 Å². The molecule has 0 bridgehead atoms. The van der Waals surface area contributed by atoms with Crippen molar-refractivity contribution in [3.05, 3.63) is 93.0 Å². The largest absolute Gasteiger partial charge is 0.507 e. The number of benzene rings is 3. The maximum absolute atomic E-state index is 11.3. The van der Waals surface area contributed by atoms with Crippen LogP contribution < -0.4 is 0 Å². The van der Waals surface area contributed by atoms with Crippen LogP contribution in [0.1, 0.15) is 72.2 Å². The summed E-state index contributed by atoms with van der Waals surface area (Å²) < 4.78 is 3.06. The fraction of sp³-hybridized carbons (Fsp3) is 0.571. The summed E-state index contributed by atoms with van der Waals surface area (Å²) in [5.41, 5.74) is 9.12. The fourth-order valence-electron chi connectivity index (χ4n) is 6.99. The van der Waals surface area contributed by atoms with Gasteiger partial charge in [-0.15, -0.1) is 0 Å². The molecule has 0 aliphatic rings. The van der Waals surface area contributed by atoms with Crippen LogP contribution in [-0.4, -0.2) is 113 Å². The predicted molar refractivity (Wildman–Crippen MR) is 203 cm³/mol. The number of phenolic OH excluding ortho intramolecular Hbond substituents is 2. The zero-order chi connectivity index (χ0) is 36.7. The molecule has 0 saturated carbocycles. The van der Waals surface area contributed by atoms with Crippen LogP contribution in [0.2, 0.25) is 0 Å². The molecule has 0 saturated heterocycles. The Morgan fingerprint density at radius 2 is 0.625 bits per heavy atom. The zero-order valence-corrected chi connectivity index (χ0v) is 33.5. The van der Waals surface area contributed by atoms with E-state index in [1.165, 1.54) is 22.3 Å². The number of phenols is 2. The second-order valence-electron chi connectivity index (χ2n) is 20.0. The third-order valence-corrected chi connectivity index (χ3v) is 8.97. The third kappa shape index (κ3) is 11.6. The van der Waals surface area contributed by atoms with E-state index >= 15 is 0 Å². The molecule has 0 aliphatic heterocycles. The van der Waals surface area contributed by atoms with Gasteiger partial charge in [0.1, 0.15) is 37.7 Å². The molecule has 0 atom stereocenters. The molecule has 48 heavy (non-hydrogen) atoms. The van der Waals surface area contributed by atoms with Gasteiger partial charge in [0.15, 0.2) is 0 Å². The zero-order valence-electron chi connectivity index (χ0n) is 33.5. The monoisotopic (exact) mass is 663 g/mol. The van der Waals surface area contributed by atoms with E-state index in [0.717, 1.165) is 79.2 Å². The molecule has 266 valence electrons. The van der Waals surface area contributed by atoms with Gasteiger partial charge in [0.2, 0.25) is 0 Å². The van der Waals surface area contributed by atoms with Crippen molar-refractivity contribution in [2.75, 3.05) is 84.6 Å². The van der Waals surface area contributed by atoms with Gasteiger partial charge in [-0.05, 0) is 70.2 Å². The van der Waals surface area contributed by atoms with Gasteiger partial charge in [0.05, 0.1) is 84.6 Å². The van der Waals surface area contributed by atoms with E-state index < -0.39 is 0 Å². The molecule has 3 aromatic carbocycles. The van der Waals surface area contributed by atoms with E-state index in [9.17, 15) is 10.2 Å². The highest BCUT2D eigenvalue weighted by Crippen LogP contribution is 2.36. The quantitative estimate of drug-likeness (QED) is 0.183. The average Bonchev–Trinajstić information content (AvgIpc) is 2.86. The standard InChI is InChI=1S/C42H68N4O2/c1-41(2,25-31-21-33(27-43(5,6)7)39(47)34(22-31)28-44(8,9)10)37-17-19-38(20-18-37)42(3,4)26-32-23-35(29-45(11,12)13)40(48)36(24-32)30-46(14,15)16/h17-24H,25-30H2,1-16H3/q+2/p+2. The Bertz CT molecular complexity index is 1370. The third-order valence-electron chi connectivity index (χ3n) is 8.97. The average molecular weight is 663 g/mol. The lowest BCUT2D eigenvalue weighted by atomic mass is 9.75. The molecule has 0 spiro atoms. The van der Waals surface area contributed by atoms with Gasteiger partial charge in [0.25, 0.3) is 0 Å². The molecule has 0 amide bonds. The summed E-state index contributed by atoms with van der Waals surface area (Å²) in [5.74, 6) is 0.902. The molecule has 6 nitrogen and oxygen atoms in total. The predicted octanol–water partition coefficient (Wildman–Crippen LogP) is 6.96. The van der Waals surface area contributed by atoms with Gasteiger partial charge in [-0.25, -0.2) is 0 Å². The first-order valence-electron chi connectivity index (χ1n) is 17.5. The van der Waals surface area contributed by atoms with Crippen molar-refractivity contribution >= 4 is 0 Å². The van der Waals surface area contributed by atoms with Crippen molar-refractivity contribution in [3.8, 4) is 11.5 Å². The maximum Gasteiger partial charge on any atom is 0.133 e. The number of nitrogens with zero attached hydrogens (tertiary/aromatic N) is 4. The van der Waals surface area contributed by atoms with Crippen LogP contribution in [-0.2, 0) is 49.9 Å². The minimum absolute atomic E-state index is 0.0848. The van der Waals surface area contributed by atoms with E-state index in [4.69, 9.17) is 0 Å². The highest BCUT2D eigenvalue weighted by atomic mass is 16.3. The van der Waals surface area contributed by atoms with Gasteiger partial charge in [-0.2, -0.15) is 0 Å². The summed E-state index contributed by atoms with van der Waals surface area (Å²) in [7, 11) is 26.1. The van der Waals surface area contributed by atoms with Gasteiger partial charge < -0.3 is 28.1 Å². The van der Waals surface area contributed by atoms with Crippen LogP contribution in [0.3, 0.4) is 0 Å². The van der Waals surface area contributed by atoms with E-state index in [2.05, 4.69) is 161 Å². The molecule has 0 aliphatic carbocycles. The Labute approximate surface area is 294 Å². The lowest BCUT2D eigenvalue weighted by molar-refractivity contribution is -0.884. The molecule has 0 radical (unpaired) electrons. The summed E-state index contributed by atoms with van der Waals surface area (Å²) >= 11 is 0. The van der Waals surface area contributed by atoms with Gasteiger partial charge in [-0.3, -0.25) is 0 Å². The number of aromatic hydroxyl groups is 2. The molecule has 3 aromatic rings. The molecule has 0 fully saturated rings. The first-order valence-corrected chi connectivity index (χ1v) is 17.5. The highest BCUT2D eigenvalue weighted by Gasteiger charge is 2.28. The van der Waals surface area contributed by atoms with Crippen LogP contribution in [0.5, 0.6) is 11.5 Å². The van der Waals surface area contributed by atoms with Crippen molar-refractivity contribution in [2.45, 2.75) is 77.5 Å². The Morgan fingerprint density at radius 3 is 0.812 bits per heavy atom. The van der Waals surface area contributed by atoms with Crippen LogP contribution in [0.15, 0.2) is 48.5 Å². The number of hydrogen-bond donors (Lipinski definition) is 2. The molecule has 0 heterocycles. The molecular weight excluding hydrogens is 592 g/mol. The Morgan fingerprint density at radius 1 is 0.417 bits per heavy atom. The Hall–Kier alpha value is -2.90. The van der Waals surface area contributed by atoms with Crippen molar-refractivity contribution in [2.24, 2.45) is 0 Å². The second-order valence-corrected chi connectivity index (χ2v) is 20.0. The molecular formula is C42H70N4O2+4. The first-order chi connectivity index (χ1) is 21.5. The molecule has 2 N–H and O–H groups in total. The summed E-state index contributed by atoms with van der Waals surface area (Å²) in [6.07, 6.45) is 1.78. The van der Waals surface area contributed by atoms with Crippen LogP contribution in [0.25, 0.3) is 0 Å². The molecule has 6 heteroatoms. The summed E-state index contributed by atoms with van der Waals surface area (Å²) in [6, 6.07) is 18.2. The Balaban J connectivity index is 1.93. The SMILES string of the molecule is CC(C)(Cc1cc(C[N+](C)(C)C)c(O)c(C[N+](C)(C)C)c1)c1ccc(C(C)(C)Cc2cc(C[N+](C)(C)C)c(O)c(C[N+](C)(C)C)c2)cc1. The molecule has 0 aromatic heterocycles. The first kappa shape index (κ1) is 39.5. The van der Waals surface area contributed by atoms with Crippen LogP contribution in [0.4, 0.5) is 0 Å². The van der Waals surface area contributed by atoms with Crippen LogP contribution in [0, 0.1) is 0 Å². The Kier molecular flexibility index (Phi) is 11.4. The van der Waals surface area contributed by atoms with Crippen molar-refractivity contribution < 1.29 is 28.1 Å². The minimum atomic E-state index is -0.0848. The van der Waals surface area contributed by atoms with Crippen LogP contribution >= 0.6 is 0 Å². The minimum Gasteiger partial charge on any atom is -0.507 e. The fourth-order valence-corrected chi connectivity index (χ4v) is 6.99. The van der Waals surface area contributed by atoms with E-state index in [1.54, 1.807) is 0 Å². The van der Waals surface area contributed by atoms with Crippen molar-refractivity contribution in [1.29, 1.82) is 0 Å². The number of rotatable bonds is 14.